The fourth-order valence-corrected chi connectivity index (χ4v) is 4.64. The third kappa shape index (κ3) is 10.5. The summed E-state index contributed by atoms with van der Waals surface area (Å²) < 4.78 is 12.7. The number of ether oxygens (including phenoxy) is 2. The Balaban J connectivity index is 0.000000559. The van der Waals surface area contributed by atoms with Crippen LogP contribution in [-0.2, 0) is 40.4 Å². The first kappa shape index (κ1) is 31.5. The van der Waals surface area contributed by atoms with Crippen molar-refractivity contribution in [2.45, 2.75) is 85.2 Å². The minimum Gasteiger partial charge on any atom is -0.462 e. The van der Waals surface area contributed by atoms with Crippen molar-refractivity contribution >= 4 is 23.3 Å². The first-order valence-electron chi connectivity index (χ1n) is 14.6. The van der Waals surface area contributed by atoms with Crippen molar-refractivity contribution in [3.8, 4) is 0 Å². The Morgan fingerprint density at radius 3 is 2.45 bits per heavy atom. The molecule has 0 atom stereocenters. The van der Waals surface area contributed by atoms with Crippen LogP contribution in [0.5, 0.6) is 0 Å². The van der Waals surface area contributed by atoms with Gasteiger partial charge in [0.05, 0.1) is 12.1 Å². The number of aromatic nitrogens is 3. The minimum atomic E-state index is -0.318. The van der Waals surface area contributed by atoms with E-state index >= 15 is 0 Å². The molecule has 1 aliphatic rings. The number of nitrogens with one attached hydrogen (secondary N) is 1. The van der Waals surface area contributed by atoms with Gasteiger partial charge in [-0.15, -0.1) is 0 Å². The second-order valence-electron chi connectivity index (χ2n) is 11.3. The second-order valence-corrected chi connectivity index (χ2v) is 11.3. The molecule has 2 aromatic heterocycles. The summed E-state index contributed by atoms with van der Waals surface area (Å²) in [7, 11) is 0. The summed E-state index contributed by atoms with van der Waals surface area (Å²) in [5.74, 6) is 1.41. The van der Waals surface area contributed by atoms with Gasteiger partial charge in [-0.2, -0.15) is 0 Å². The van der Waals surface area contributed by atoms with E-state index in [-0.39, 0.29) is 5.60 Å². The Morgan fingerprint density at radius 1 is 1.05 bits per heavy atom. The van der Waals surface area contributed by atoms with Crippen molar-refractivity contribution in [3.63, 3.8) is 0 Å². The van der Waals surface area contributed by atoms with Gasteiger partial charge >= 0.3 is 0 Å². The summed E-state index contributed by atoms with van der Waals surface area (Å²) in [5.41, 5.74) is 10.4. The van der Waals surface area contributed by atoms with E-state index in [2.05, 4.69) is 49.8 Å². The molecule has 0 aliphatic carbocycles. The molecule has 1 fully saturated rings. The molecule has 0 radical (unpaired) electrons. The van der Waals surface area contributed by atoms with Crippen molar-refractivity contribution < 1.29 is 14.3 Å². The number of fused-ring (bicyclic) bond motifs is 1. The molecule has 0 unspecified atom stereocenters. The van der Waals surface area contributed by atoms with Crippen LogP contribution >= 0.6 is 0 Å². The lowest BCUT2D eigenvalue weighted by Gasteiger charge is -2.26. The highest BCUT2D eigenvalue weighted by molar-refractivity contribution is 5.88. The average molecular weight is 553 g/mol. The molecule has 1 saturated heterocycles. The maximum Gasteiger partial charge on any atom is 0.293 e. The van der Waals surface area contributed by atoms with Gasteiger partial charge in [0.15, 0.2) is 5.82 Å². The highest BCUT2D eigenvalue weighted by Gasteiger charge is 2.16. The summed E-state index contributed by atoms with van der Waals surface area (Å²) in [5, 5.41) is 3.42. The number of aryl methyl sites for hydroxylation is 2. The number of carbonyl (C=O) groups excluding carboxylic acids is 1. The quantitative estimate of drug-likeness (QED) is 0.232. The molecular formula is C31H48N6O3. The Morgan fingerprint density at radius 2 is 1.80 bits per heavy atom. The van der Waals surface area contributed by atoms with Crippen molar-refractivity contribution in [1.82, 2.24) is 24.8 Å². The number of nitrogen functional groups attached to an aromatic ring is 1. The molecule has 0 spiro atoms. The predicted molar refractivity (Wildman–Crippen MR) is 161 cm³/mol. The van der Waals surface area contributed by atoms with E-state index in [0.717, 1.165) is 80.7 Å². The molecule has 0 amide bonds. The van der Waals surface area contributed by atoms with Crippen LogP contribution in [0.25, 0.3) is 11.0 Å². The summed E-state index contributed by atoms with van der Waals surface area (Å²) >= 11 is 0. The zero-order chi connectivity index (χ0) is 28.8. The number of carbonyl (C=O) groups is 1. The number of anilines is 1. The summed E-state index contributed by atoms with van der Waals surface area (Å²) in [4.78, 5) is 21.7. The summed E-state index contributed by atoms with van der Waals surface area (Å²) in [6, 6.07) is 10.2. The van der Waals surface area contributed by atoms with Crippen LogP contribution in [-0.4, -0.2) is 64.2 Å². The van der Waals surface area contributed by atoms with Crippen molar-refractivity contribution in [2.75, 3.05) is 38.5 Å². The van der Waals surface area contributed by atoms with Crippen LogP contribution in [0.3, 0.4) is 0 Å². The van der Waals surface area contributed by atoms with Crippen LogP contribution in [0.1, 0.15) is 70.3 Å². The zero-order valence-corrected chi connectivity index (χ0v) is 24.8. The van der Waals surface area contributed by atoms with E-state index in [4.69, 9.17) is 15.5 Å². The standard InChI is InChI=1S/C26H38N6O.C5H10O2/c1-2-3-12-23-29-24-22(11-7-8-15-31-16-13-28-14-17-31)18-32(25(24)26(27)30-23)20-33-19-21-9-5-4-6-10-21;1-5(2,3)7-4-6/h4-6,9-10,18,28H,2-3,7-8,11-17,19-20H2,1H3,(H2,27,29,30);4H,1-3H3. The molecule has 4 rings (SSSR count). The lowest BCUT2D eigenvalue weighted by molar-refractivity contribution is -0.138. The van der Waals surface area contributed by atoms with Gasteiger partial charge in [-0.25, -0.2) is 9.97 Å². The summed E-state index contributed by atoms with van der Waals surface area (Å²) in [6.45, 7) is 14.8. The Hall–Kier alpha value is -3.01. The van der Waals surface area contributed by atoms with Gasteiger partial charge in [-0.1, -0.05) is 43.7 Å². The zero-order valence-electron chi connectivity index (χ0n) is 24.8. The number of benzene rings is 1. The second kappa shape index (κ2) is 16.3. The van der Waals surface area contributed by atoms with Crippen molar-refractivity contribution in [3.05, 3.63) is 53.5 Å². The van der Waals surface area contributed by atoms with Gasteiger partial charge in [0.2, 0.25) is 0 Å². The van der Waals surface area contributed by atoms with E-state index in [9.17, 15) is 4.79 Å². The first-order valence-corrected chi connectivity index (χ1v) is 14.6. The van der Waals surface area contributed by atoms with Crippen LogP contribution in [0.4, 0.5) is 5.82 Å². The maximum absolute atomic E-state index is 9.60. The molecule has 220 valence electrons. The lowest BCUT2D eigenvalue weighted by Crippen LogP contribution is -2.43. The van der Waals surface area contributed by atoms with Gasteiger partial charge in [-0.3, -0.25) is 4.79 Å². The Kier molecular flexibility index (Phi) is 12.8. The fraction of sp³-hybridized carbons (Fsp3) is 0.581. The maximum atomic E-state index is 9.60. The third-order valence-corrected chi connectivity index (χ3v) is 6.74. The minimum absolute atomic E-state index is 0.318. The molecule has 40 heavy (non-hydrogen) atoms. The number of rotatable bonds is 13. The third-order valence-electron chi connectivity index (χ3n) is 6.74. The normalized spacial score (nSPS) is 14.1. The van der Waals surface area contributed by atoms with Crippen LogP contribution in [0.2, 0.25) is 0 Å². The molecule has 0 bridgehead atoms. The lowest BCUT2D eigenvalue weighted by atomic mass is 10.1. The first-order chi connectivity index (χ1) is 19.3. The van der Waals surface area contributed by atoms with Gasteiger partial charge in [0, 0.05) is 38.8 Å². The molecule has 9 heteroatoms. The van der Waals surface area contributed by atoms with Crippen LogP contribution in [0, 0.1) is 0 Å². The SMILES string of the molecule is CC(C)(C)OC=O.CCCCc1nc(N)c2c(n1)c(CCCCN1CCNCC1)cn2COCc1ccccc1. The molecule has 3 N–H and O–H groups in total. The average Bonchev–Trinajstić information content (AvgIpc) is 3.28. The van der Waals surface area contributed by atoms with Gasteiger partial charge in [-0.05, 0) is 64.1 Å². The van der Waals surface area contributed by atoms with E-state index in [1.54, 1.807) is 0 Å². The molecule has 9 nitrogen and oxygen atoms in total. The smallest absolute Gasteiger partial charge is 0.293 e. The van der Waals surface area contributed by atoms with E-state index in [0.29, 0.717) is 25.6 Å². The predicted octanol–water partition coefficient (Wildman–Crippen LogP) is 4.72. The number of hydrogen-bond donors (Lipinski definition) is 2. The van der Waals surface area contributed by atoms with Crippen molar-refractivity contribution in [1.29, 1.82) is 0 Å². The highest BCUT2D eigenvalue weighted by Crippen LogP contribution is 2.26. The molecule has 0 saturated carbocycles. The fourth-order valence-electron chi connectivity index (χ4n) is 4.64. The van der Waals surface area contributed by atoms with Gasteiger partial charge in [0.1, 0.15) is 23.7 Å². The number of piperazine rings is 1. The van der Waals surface area contributed by atoms with Crippen molar-refractivity contribution in [2.24, 2.45) is 0 Å². The molecular weight excluding hydrogens is 504 g/mol. The molecule has 3 aromatic rings. The van der Waals surface area contributed by atoms with E-state index < -0.39 is 0 Å². The monoisotopic (exact) mass is 552 g/mol. The number of nitrogens with two attached hydrogens (primary N) is 1. The number of unbranched alkanes of at least 4 members (excludes halogenated alkanes) is 2. The molecule has 3 heterocycles. The van der Waals surface area contributed by atoms with Gasteiger partial charge < -0.3 is 30.0 Å². The van der Waals surface area contributed by atoms with E-state index in [1.807, 2.05) is 39.0 Å². The topological polar surface area (TPSA) is 108 Å². The highest BCUT2D eigenvalue weighted by atomic mass is 16.5. The van der Waals surface area contributed by atoms with Crippen LogP contribution < -0.4 is 11.1 Å². The Bertz CT molecular complexity index is 1150. The number of nitrogens with zero attached hydrogens (tertiary/aromatic N) is 4. The molecule has 1 aromatic carbocycles. The largest absolute Gasteiger partial charge is 0.462 e. The van der Waals surface area contributed by atoms with E-state index in [1.165, 1.54) is 18.5 Å². The number of hydrogen-bond acceptors (Lipinski definition) is 8. The van der Waals surface area contributed by atoms with Crippen LogP contribution in [0.15, 0.2) is 36.5 Å². The molecule has 1 aliphatic heterocycles. The Labute approximate surface area is 239 Å². The summed E-state index contributed by atoms with van der Waals surface area (Å²) in [6.07, 6.45) is 8.57. The van der Waals surface area contributed by atoms with Gasteiger partial charge in [0.25, 0.3) is 6.47 Å².